The Morgan fingerprint density at radius 3 is 2.73 bits per heavy atom. The topological polar surface area (TPSA) is 66.4 Å². The largest absolute Gasteiger partial charge is 0.466 e. The molecule has 0 aliphatic carbocycles. The summed E-state index contributed by atoms with van der Waals surface area (Å²) < 4.78 is 9.75. The molecule has 1 unspecified atom stereocenters. The number of carbonyl (C=O) groups excluding carboxylic acids is 1. The van der Waals surface area contributed by atoms with Crippen LogP contribution >= 0.6 is 12.2 Å². The molecule has 0 amide bonds. The Labute approximate surface area is 180 Å². The molecular weight excluding hydrogens is 398 g/mol. The number of nitrogens with one attached hydrogen (secondary N) is 1. The van der Waals surface area contributed by atoms with Crippen LogP contribution in [-0.4, -0.2) is 45.0 Å². The Morgan fingerprint density at radius 1 is 1.23 bits per heavy atom. The minimum Gasteiger partial charge on any atom is -0.466 e. The maximum atomic E-state index is 12.2. The molecule has 3 heterocycles. The number of aromatic nitrogens is 4. The van der Waals surface area contributed by atoms with Crippen LogP contribution in [-0.2, 0) is 16.2 Å². The fraction of sp³-hybridized carbons (Fsp3) is 0.364. The van der Waals surface area contributed by atoms with Crippen LogP contribution in [0.2, 0.25) is 0 Å². The summed E-state index contributed by atoms with van der Waals surface area (Å²) in [6.45, 7) is 4.62. The second-order valence-electron chi connectivity index (χ2n) is 7.47. The number of hydrogen-bond donors (Lipinski definition) is 1. The van der Waals surface area contributed by atoms with Gasteiger partial charge in [0.05, 0.1) is 19.7 Å². The Balaban J connectivity index is 1.65. The fourth-order valence-electron chi connectivity index (χ4n) is 3.98. The third kappa shape index (κ3) is 4.34. The molecule has 1 aliphatic rings. The zero-order chi connectivity index (χ0) is 20.9. The van der Waals surface area contributed by atoms with Crippen molar-refractivity contribution in [2.75, 3.05) is 19.7 Å². The van der Waals surface area contributed by atoms with Crippen LogP contribution in [0.5, 0.6) is 0 Å². The minimum absolute atomic E-state index is 0.0567. The lowest BCUT2D eigenvalue weighted by atomic mass is 9.99. The molecule has 8 heteroatoms. The van der Waals surface area contributed by atoms with E-state index >= 15 is 0 Å². The van der Waals surface area contributed by atoms with E-state index in [1.807, 2.05) is 58.6 Å². The van der Waals surface area contributed by atoms with E-state index in [9.17, 15) is 4.79 Å². The smallest absolute Gasteiger partial charge is 0.314 e. The van der Waals surface area contributed by atoms with Crippen LogP contribution in [0.15, 0.2) is 54.9 Å². The quantitative estimate of drug-likeness (QED) is 0.486. The van der Waals surface area contributed by atoms with E-state index in [-0.39, 0.29) is 11.9 Å². The van der Waals surface area contributed by atoms with E-state index in [0.717, 1.165) is 43.0 Å². The number of likely N-dealkylation sites (tertiary alicyclic amines) is 1. The molecule has 4 rings (SSSR count). The molecule has 0 spiro atoms. The lowest BCUT2D eigenvalue weighted by molar-refractivity contribution is -0.930. The monoisotopic (exact) mass is 424 g/mol. The molecule has 1 N–H and O–H groups in total. The fourth-order valence-corrected chi connectivity index (χ4v) is 4.27. The molecule has 0 radical (unpaired) electrons. The molecule has 1 saturated heterocycles. The van der Waals surface area contributed by atoms with Gasteiger partial charge in [-0.05, 0) is 56.2 Å². The molecule has 1 aromatic carbocycles. The number of rotatable bonds is 6. The number of ether oxygens (including phenoxy) is 1. The average molecular weight is 425 g/mol. The molecule has 1 aliphatic heterocycles. The molecular formula is C22H26N5O2S+. The molecule has 2 aromatic heterocycles. The Bertz CT molecular complexity index is 1050. The number of quaternary nitrogens is 1. The number of nitrogens with zero attached hydrogens (tertiary/aromatic N) is 4. The predicted molar refractivity (Wildman–Crippen MR) is 116 cm³/mol. The van der Waals surface area contributed by atoms with Gasteiger partial charge in [-0.1, -0.05) is 18.2 Å². The SMILES string of the molecule is CCOC(=O)[C@@H]1CCC[NH+](Cn2nc(-c3ccncc3)n(-c3ccccc3)c2=S)C1. The van der Waals surface area contributed by atoms with Crippen molar-refractivity contribution in [1.82, 2.24) is 19.3 Å². The molecule has 0 saturated carbocycles. The van der Waals surface area contributed by atoms with Gasteiger partial charge in [-0.2, -0.15) is 4.68 Å². The molecule has 0 bridgehead atoms. The summed E-state index contributed by atoms with van der Waals surface area (Å²) in [6.07, 6.45) is 5.39. The van der Waals surface area contributed by atoms with Crippen molar-refractivity contribution in [3.63, 3.8) is 0 Å². The van der Waals surface area contributed by atoms with Gasteiger partial charge in [-0.25, -0.2) is 0 Å². The average Bonchev–Trinajstić information content (AvgIpc) is 3.11. The summed E-state index contributed by atoms with van der Waals surface area (Å²) in [5.41, 5.74) is 1.93. The second-order valence-corrected chi connectivity index (χ2v) is 7.83. The predicted octanol–water partition coefficient (Wildman–Crippen LogP) is 2.28. The summed E-state index contributed by atoms with van der Waals surface area (Å²) in [5, 5.41) is 4.87. The van der Waals surface area contributed by atoms with Gasteiger partial charge in [-0.3, -0.25) is 14.3 Å². The normalized spacial score (nSPS) is 18.8. The van der Waals surface area contributed by atoms with Gasteiger partial charge in [-0.15, -0.1) is 5.10 Å². The first-order valence-electron chi connectivity index (χ1n) is 10.3. The maximum Gasteiger partial charge on any atom is 0.314 e. The third-order valence-corrected chi connectivity index (χ3v) is 5.80. The van der Waals surface area contributed by atoms with Crippen molar-refractivity contribution in [3.8, 4) is 17.1 Å². The lowest BCUT2D eigenvalue weighted by Crippen LogP contribution is -3.13. The van der Waals surface area contributed by atoms with Gasteiger partial charge >= 0.3 is 5.97 Å². The Morgan fingerprint density at radius 2 is 2.00 bits per heavy atom. The number of para-hydroxylation sites is 1. The molecule has 1 fully saturated rings. The van der Waals surface area contributed by atoms with Crippen molar-refractivity contribution in [2.24, 2.45) is 5.92 Å². The zero-order valence-corrected chi connectivity index (χ0v) is 17.8. The van der Waals surface area contributed by atoms with Crippen molar-refractivity contribution >= 4 is 18.2 Å². The molecule has 156 valence electrons. The van der Waals surface area contributed by atoms with Gasteiger partial charge in [0, 0.05) is 23.6 Å². The van der Waals surface area contributed by atoms with Gasteiger partial charge in [0.25, 0.3) is 0 Å². The van der Waals surface area contributed by atoms with Crippen molar-refractivity contribution in [2.45, 2.75) is 26.4 Å². The lowest BCUT2D eigenvalue weighted by Gasteiger charge is -2.28. The molecule has 7 nitrogen and oxygen atoms in total. The first kappa shape index (κ1) is 20.4. The summed E-state index contributed by atoms with van der Waals surface area (Å²) >= 11 is 5.83. The standard InChI is InChI=1S/C22H25N5O2S/c1-2-29-21(28)18-7-6-14-25(15-18)16-26-22(30)27(19-8-4-3-5-9-19)20(24-26)17-10-12-23-13-11-17/h3-5,8-13,18H,2,6-7,14-16H2,1H3/p+1/t18-/m1/s1. The number of piperidine rings is 1. The summed E-state index contributed by atoms with van der Waals surface area (Å²) in [4.78, 5) is 17.6. The van der Waals surface area contributed by atoms with Gasteiger partial charge in [0.15, 0.2) is 12.5 Å². The van der Waals surface area contributed by atoms with E-state index in [0.29, 0.717) is 18.0 Å². The third-order valence-electron chi connectivity index (χ3n) is 5.40. The van der Waals surface area contributed by atoms with Crippen LogP contribution in [0.25, 0.3) is 17.1 Å². The van der Waals surface area contributed by atoms with Crippen molar-refractivity contribution < 1.29 is 14.4 Å². The van der Waals surface area contributed by atoms with Crippen LogP contribution in [0.3, 0.4) is 0 Å². The van der Waals surface area contributed by atoms with Crippen LogP contribution in [0.1, 0.15) is 19.8 Å². The van der Waals surface area contributed by atoms with Crippen LogP contribution in [0.4, 0.5) is 0 Å². The van der Waals surface area contributed by atoms with Gasteiger partial charge < -0.3 is 9.64 Å². The number of pyridine rings is 1. The van der Waals surface area contributed by atoms with E-state index in [4.69, 9.17) is 22.1 Å². The molecule has 3 aromatic rings. The van der Waals surface area contributed by atoms with Crippen molar-refractivity contribution in [1.29, 1.82) is 0 Å². The van der Waals surface area contributed by atoms with E-state index < -0.39 is 0 Å². The number of benzene rings is 1. The van der Waals surface area contributed by atoms with Gasteiger partial charge in [0.2, 0.25) is 4.77 Å². The van der Waals surface area contributed by atoms with Crippen LogP contribution < -0.4 is 4.90 Å². The Kier molecular flexibility index (Phi) is 6.35. The first-order valence-corrected chi connectivity index (χ1v) is 10.7. The van der Waals surface area contributed by atoms with E-state index in [1.54, 1.807) is 12.4 Å². The summed E-state index contributed by atoms with van der Waals surface area (Å²) in [6, 6.07) is 13.9. The van der Waals surface area contributed by atoms with Crippen LogP contribution in [0, 0.1) is 10.7 Å². The highest BCUT2D eigenvalue weighted by Gasteiger charge is 2.30. The highest BCUT2D eigenvalue weighted by molar-refractivity contribution is 7.71. The van der Waals surface area contributed by atoms with E-state index in [2.05, 4.69) is 4.98 Å². The minimum atomic E-state index is -0.0920. The Hall–Kier alpha value is -2.84. The second kappa shape index (κ2) is 9.32. The van der Waals surface area contributed by atoms with E-state index in [1.165, 1.54) is 4.90 Å². The number of hydrogen-bond acceptors (Lipinski definition) is 5. The van der Waals surface area contributed by atoms with Crippen molar-refractivity contribution in [3.05, 3.63) is 59.6 Å². The molecule has 2 atom stereocenters. The highest BCUT2D eigenvalue weighted by atomic mass is 32.1. The summed E-state index contributed by atoms with van der Waals surface area (Å²) in [5.74, 6) is 0.635. The molecule has 30 heavy (non-hydrogen) atoms. The maximum absolute atomic E-state index is 12.2. The highest BCUT2D eigenvalue weighted by Crippen LogP contribution is 2.22. The van der Waals surface area contributed by atoms with Gasteiger partial charge in [0.1, 0.15) is 5.92 Å². The first-order chi connectivity index (χ1) is 14.7. The zero-order valence-electron chi connectivity index (χ0n) is 17.0. The number of esters is 1. The number of carbonyl (C=O) groups is 1. The summed E-state index contributed by atoms with van der Waals surface area (Å²) in [7, 11) is 0.